The summed E-state index contributed by atoms with van der Waals surface area (Å²) in [4.78, 5) is 0. The fraction of sp³-hybridized carbons (Fsp3) is 1.00. The molecule has 1 unspecified atom stereocenters. The molecule has 0 bridgehead atoms. The molecule has 0 radical (unpaired) electrons. The minimum atomic E-state index is 0.388. The second-order valence-electron chi connectivity index (χ2n) is 5.39. The molecular weight excluding hydrogens is 170 g/mol. The second kappa shape index (κ2) is 6.44. The third kappa shape index (κ3) is 4.99. The van der Waals surface area contributed by atoms with E-state index in [4.69, 9.17) is 0 Å². The molecule has 0 aromatic rings. The minimum absolute atomic E-state index is 0.388. The zero-order chi connectivity index (χ0) is 11.2. The lowest BCUT2D eigenvalue weighted by Gasteiger charge is -2.34. The van der Waals surface area contributed by atoms with E-state index in [1.807, 2.05) is 0 Å². The van der Waals surface area contributed by atoms with E-state index in [9.17, 15) is 0 Å². The Bertz CT molecular complexity index is 131. The van der Waals surface area contributed by atoms with Crippen LogP contribution in [0, 0.1) is 11.3 Å². The van der Waals surface area contributed by atoms with E-state index >= 15 is 0 Å². The van der Waals surface area contributed by atoms with Gasteiger partial charge in [-0.25, -0.2) is 0 Å². The largest absolute Gasteiger partial charge is 0.314 e. The highest BCUT2D eigenvalue weighted by Gasteiger charge is 2.25. The van der Waals surface area contributed by atoms with E-state index in [0.717, 1.165) is 12.5 Å². The van der Waals surface area contributed by atoms with Crippen LogP contribution >= 0.6 is 0 Å². The van der Waals surface area contributed by atoms with Gasteiger partial charge in [0.2, 0.25) is 0 Å². The molecule has 1 atom stereocenters. The third-order valence-electron chi connectivity index (χ3n) is 3.22. The van der Waals surface area contributed by atoms with E-state index in [0.29, 0.717) is 11.5 Å². The predicted molar refractivity (Wildman–Crippen MR) is 65.6 cm³/mol. The molecular formula is C13H29N. The van der Waals surface area contributed by atoms with Crippen molar-refractivity contribution in [2.75, 3.05) is 6.54 Å². The van der Waals surface area contributed by atoms with Crippen molar-refractivity contribution in [1.29, 1.82) is 0 Å². The van der Waals surface area contributed by atoms with E-state index in [2.05, 4.69) is 46.9 Å². The lowest BCUT2D eigenvalue weighted by atomic mass is 9.80. The first kappa shape index (κ1) is 14.0. The van der Waals surface area contributed by atoms with E-state index in [-0.39, 0.29) is 0 Å². The molecule has 1 heteroatoms. The van der Waals surface area contributed by atoms with Gasteiger partial charge in [0.05, 0.1) is 0 Å². The number of hydrogen-bond donors (Lipinski definition) is 1. The van der Waals surface area contributed by atoms with Gasteiger partial charge in [-0.3, -0.25) is 0 Å². The average Bonchev–Trinajstić information content (AvgIpc) is 2.10. The summed E-state index contributed by atoms with van der Waals surface area (Å²) in [6.45, 7) is 14.9. The molecule has 0 aliphatic carbocycles. The molecule has 86 valence electrons. The third-order valence-corrected chi connectivity index (χ3v) is 3.22. The van der Waals surface area contributed by atoms with Gasteiger partial charge < -0.3 is 5.32 Å². The van der Waals surface area contributed by atoms with Crippen molar-refractivity contribution in [3.8, 4) is 0 Å². The lowest BCUT2D eigenvalue weighted by Crippen LogP contribution is -2.41. The second-order valence-corrected chi connectivity index (χ2v) is 5.39. The number of hydrogen-bond acceptors (Lipinski definition) is 1. The molecule has 0 fully saturated rings. The van der Waals surface area contributed by atoms with Gasteiger partial charge >= 0.3 is 0 Å². The van der Waals surface area contributed by atoms with Crippen LogP contribution in [0.25, 0.3) is 0 Å². The van der Waals surface area contributed by atoms with Crippen molar-refractivity contribution >= 4 is 0 Å². The van der Waals surface area contributed by atoms with Crippen molar-refractivity contribution in [1.82, 2.24) is 5.32 Å². The molecule has 0 saturated heterocycles. The summed E-state index contributed by atoms with van der Waals surface area (Å²) in [6.07, 6.45) is 3.95. The SMILES string of the molecule is CCNC(CC(CC)CC)C(C)(C)C. The Balaban J connectivity index is 4.21. The first-order valence-electron chi connectivity index (χ1n) is 6.19. The van der Waals surface area contributed by atoms with Crippen LogP contribution in [0.3, 0.4) is 0 Å². The Hall–Kier alpha value is -0.0400. The minimum Gasteiger partial charge on any atom is -0.314 e. The summed E-state index contributed by atoms with van der Waals surface area (Å²) in [5.41, 5.74) is 0.388. The molecule has 0 rings (SSSR count). The molecule has 0 aromatic heterocycles. The maximum Gasteiger partial charge on any atom is 0.0118 e. The quantitative estimate of drug-likeness (QED) is 0.685. The topological polar surface area (TPSA) is 12.0 Å². The Kier molecular flexibility index (Phi) is 6.43. The lowest BCUT2D eigenvalue weighted by molar-refractivity contribution is 0.222. The molecule has 0 aromatic carbocycles. The first-order valence-corrected chi connectivity index (χ1v) is 6.19. The molecule has 0 aliphatic heterocycles. The molecule has 0 heterocycles. The molecule has 0 aliphatic rings. The normalized spacial score (nSPS) is 14.8. The van der Waals surface area contributed by atoms with Gasteiger partial charge in [0.25, 0.3) is 0 Å². The molecule has 0 spiro atoms. The fourth-order valence-corrected chi connectivity index (χ4v) is 1.94. The van der Waals surface area contributed by atoms with Gasteiger partial charge in [0.15, 0.2) is 0 Å². The highest BCUT2D eigenvalue weighted by atomic mass is 14.9. The summed E-state index contributed by atoms with van der Waals surface area (Å²) in [5.74, 6) is 0.887. The summed E-state index contributed by atoms with van der Waals surface area (Å²) in [6, 6.07) is 0.664. The van der Waals surface area contributed by atoms with Crippen LogP contribution in [-0.4, -0.2) is 12.6 Å². The van der Waals surface area contributed by atoms with Crippen LogP contribution < -0.4 is 5.32 Å². The molecule has 14 heavy (non-hydrogen) atoms. The maximum absolute atomic E-state index is 3.62. The van der Waals surface area contributed by atoms with Crippen molar-refractivity contribution in [2.45, 2.75) is 66.8 Å². The van der Waals surface area contributed by atoms with E-state index in [1.54, 1.807) is 0 Å². The van der Waals surface area contributed by atoms with E-state index < -0.39 is 0 Å². The van der Waals surface area contributed by atoms with Gasteiger partial charge in [0.1, 0.15) is 0 Å². The van der Waals surface area contributed by atoms with Gasteiger partial charge in [-0.1, -0.05) is 54.4 Å². The summed E-state index contributed by atoms with van der Waals surface area (Å²) in [5, 5.41) is 3.62. The maximum atomic E-state index is 3.62. The van der Waals surface area contributed by atoms with Crippen LogP contribution in [0.2, 0.25) is 0 Å². The first-order chi connectivity index (χ1) is 6.45. The van der Waals surface area contributed by atoms with Crippen LogP contribution in [0.4, 0.5) is 0 Å². The Morgan fingerprint density at radius 1 is 1.00 bits per heavy atom. The van der Waals surface area contributed by atoms with Crippen molar-refractivity contribution in [2.24, 2.45) is 11.3 Å². The Labute approximate surface area is 90.7 Å². The smallest absolute Gasteiger partial charge is 0.0118 e. The van der Waals surface area contributed by atoms with Crippen LogP contribution in [0.1, 0.15) is 60.8 Å². The van der Waals surface area contributed by atoms with Crippen LogP contribution in [-0.2, 0) is 0 Å². The highest BCUT2D eigenvalue weighted by molar-refractivity contribution is 4.81. The van der Waals surface area contributed by atoms with Crippen molar-refractivity contribution in [3.63, 3.8) is 0 Å². The standard InChI is InChI=1S/C13H29N/c1-7-11(8-2)10-12(14-9-3)13(4,5)6/h11-12,14H,7-10H2,1-6H3. The molecule has 1 N–H and O–H groups in total. The molecule has 0 amide bonds. The molecule has 1 nitrogen and oxygen atoms in total. The summed E-state index contributed by atoms with van der Waals surface area (Å²) >= 11 is 0. The number of rotatable bonds is 6. The average molecular weight is 199 g/mol. The summed E-state index contributed by atoms with van der Waals surface area (Å²) in [7, 11) is 0. The van der Waals surface area contributed by atoms with E-state index in [1.165, 1.54) is 19.3 Å². The zero-order valence-corrected chi connectivity index (χ0v) is 11.0. The van der Waals surface area contributed by atoms with Gasteiger partial charge in [-0.2, -0.15) is 0 Å². The number of nitrogens with one attached hydrogen (secondary N) is 1. The summed E-state index contributed by atoms with van der Waals surface area (Å²) < 4.78 is 0. The zero-order valence-electron chi connectivity index (χ0n) is 11.0. The Morgan fingerprint density at radius 2 is 1.50 bits per heavy atom. The fourth-order valence-electron chi connectivity index (χ4n) is 1.94. The monoisotopic (exact) mass is 199 g/mol. The molecule has 0 saturated carbocycles. The van der Waals surface area contributed by atoms with Crippen molar-refractivity contribution < 1.29 is 0 Å². The van der Waals surface area contributed by atoms with Gasteiger partial charge in [-0.15, -0.1) is 0 Å². The predicted octanol–water partition coefficient (Wildman–Crippen LogP) is 3.84. The van der Waals surface area contributed by atoms with Gasteiger partial charge in [0, 0.05) is 6.04 Å². The van der Waals surface area contributed by atoms with Gasteiger partial charge in [-0.05, 0) is 24.3 Å². The van der Waals surface area contributed by atoms with Crippen molar-refractivity contribution in [3.05, 3.63) is 0 Å². The van der Waals surface area contributed by atoms with Crippen LogP contribution in [0.5, 0.6) is 0 Å². The Morgan fingerprint density at radius 3 is 1.79 bits per heavy atom. The highest BCUT2D eigenvalue weighted by Crippen LogP contribution is 2.27. The van der Waals surface area contributed by atoms with Crippen LogP contribution in [0.15, 0.2) is 0 Å².